The highest BCUT2D eigenvalue weighted by Crippen LogP contribution is 2.26. The minimum Gasteiger partial charge on any atom is -0.385 e. The highest BCUT2D eigenvalue weighted by atomic mass is 19.1. The molecule has 3 rings (SSSR count). The fourth-order valence-electron chi connectivity index (χ4n) is 2.72. The average Bonchev–Trinajstić information content (AvgIpc) is 2.58. The van der Waals surface area contributed by atoms with Crippen LogP contribution >= 0.6 is 0 Å². The Hall–Kier alpha value is -2.24. The van der Waals surface area contributed by atoms with Gasteiger partial charge in [0.2, 0.25) is 0 Å². The van der Waals surface area contributed by atoms with E-state index in [2.05, 4.69) is 0 Å². The molecule has 1 heterocycles. The fourth-order valence-corrected chi connectivity index (χ4v) is 2.72. The van der Waals surface area contributed by atoms with E-state index < -0.39 is 18.0 Å². The molecule has 1 aliphatic heterocycles. The van der Waals surface area contributed by atoms with Gasteiger partial charge in [-0.25, -0.2) is 4.39 Å². The first-order valence-corrected chi connectivity index (χ1v) is 7.53. The zero-order valence-corrected chi connectivity index (χ0v) is 12.6. The van der Waals surface area contributed by atoms with E-state index in [1.54, 1.807) is 11.0 Å². The van der Waals surface area contributed by atoms with Crippen LogP contribution in [0.5, 0.6) is 0 Å². The number of ether oxygens (including phenoxy) is 1. The van der Waals surface area contributed by atoms with Gasteiger partial charge in [0.05, 0.1) is 6.61 Å². The third kappa shape index (κ3) is 3.41. The van der Waals surface area contributed by atoms with Crippen LogP contribution in [-0.4, -0.2) is 35.2 Å². The number of amides is 1. The van der Waals surface area contributed by atoms with Crippen LogP contribution in [0.25, 0.3) is 0 Å². The van der Waals surface area contributed by atoms with Crippen molar-refractivity contribution in [3.05, 3.63) is 71.5 Å². The van der Waals surface area contributed by atoms with Crippen LogP contribution in [0.2, 0.25) is 0 Å². The predicted octanol–water partition coefficient (Wildman–Crippen LogP) is 2.29. The van der Waals surface area contributed by atoms with E-state index in [0.717, 1.165) is 5.56 Å². The lowest BCUT2D eigenvalue weighted by Crippen LogP contribution is -2.49. The SMILES string of the molecule is O=C1C(C(O)c2ccccc2F)OCCN1Cc1ccccc1. The van der Waals surface area contributed by atoms with Crippen LogP contribution < -0.4 is 0 Å². The molecule has 1 amide bonds. The fraction of sp³-hybridized carbons (Fsp3) is 0.278. The number of halogens is 1. The van der Waals surface area contributed by atoms with Crippen molar-refractivity contribution in [1.29, 1.82) is 0 Å². The van der Waals surface area contributed by atoms with Crippen LogP contribution in [-0.2, 0) is 16.1 Å². The first-order chi connectivity index (χ1) is 11.2. The van der Waals surface area contributed by atoms with E-state index in [1.165, 1.54) is 18.2 Å². The molecule has 0 spiro atoms. The summed E-state index contributed by atoms with van der Waals surface area (Å²) in [7, 11) is 0. The summed E-state index contributed by atoms with van der Waals surface area (Å²) >= 11 is 0. The van der Waals surface area contributed by atoms with Crippen LogP contribution in [0.4, 0.5) is 4.39 Å². The molecule has 2 unspecified atom stereocenters. The van der Waals surface area contributed by atoms with Crippen molar-refractivity contribution in [3.63, 3.8) is 0 Å². The lowest BCUT2D eigenvalue weighted by molar-refractivity contribution is -0.164. The Morgan fingerprint density at radius 3 is 2.61 bits per heavy atom. The molecule has 1 aliphatic rings. The first-order valence-electron chi connectivity index (χ1n) is 7.53. The van der Waals surface area contributed by atoms with Gasteiger partial charge in [-0.1, -0.05) is 48.5 Å². The van der Waals surface area contributed by atoms with E-state index in [-0.39, 0.29) is 11.5 Å². The second-order valence-corrected chi connectivity index (χ2v) is 5.50. The van der Waals surface area contributed by atoms with Crippen molar-refractivity contribution in [3.8, 4) is 0 Å². The Morgan fingerprint density at radius 2 is 1.87 bits per heavy atom. The predicted molar refractivity (Wildman–Crippen MR) is 83.0 cm³/mol. The summed E-state index contributed by atoms with van der Waals surface area (Å²) in [6, 6.07) is 15.5. The number of morpholine rings is 1. The molecule has 0 aliphatic carbocycles. The maximum absolute atomic E-state index is 13.8. The first kappa shape index (κ1) is 15.6. The van der Waals surface area contributed by atoms with Crippen molar-refractivity contribution < 1.29 is 19.0 Å². The van der Waals surface area contributed by atoms with Crippen LogP contribution in [0.3, 0.4) is 0 Å². The molecule has 2 atom stereocenters. The number of hydrogen-bond donors (Lipinski definition) is 1. The number of nitrogens with zero attached hydrogens (tertiary/aromatic N) is 1. The molecule has 0 saturated carbocycles. The number of hydrogen-bond acceptors (Lipinski definition) is 3. The van der Waals surface area contributed by atoms with Crippen molar-refractivity contribution >= 4 is 5.91 Å². The summed E-state index contributed by atoms with van der Waals surface area (Å²) in [5.41, 5.74) is 1.08. The number of benzene rings is 2. The van der Waals surface area contributed by atoms with E-state index in [9.17, 15) is 14.3 Å². The number of aliphatic hydroxyl groups is 1. The highest BCUT2D eigenvalue weighted by Gasteiger charge is 2.36. The Kier molecular flexibility index (Phi) is 4.69. The zero-order valence-electron chi connectivity index (χ0n) is 12.6. The Bertz CT molecular complexity index is 677. The van der Waals surface area contributed by atoms with E-state index in [1.807, 2.05) is 30.3 Å². The lowest BCUT2D eigenvalue weighted by atomic mass is 10.0. The normalized spacial score (nSPS) is 19.7. The minimum absolute atomic E-state index is 0.0763. The van der Waals surface area contributed by atoms with Crippen molar-refractivity contribution in [2.45, 2.75) is 18.8 Å². The van der Waals surface area contributed by atoms with Gasteiger partial charge in [0.15, 0.2) is 6.10 Å². The molecule has 2 aromatic rings. The third-order valence-electron chi connectivity index (χ3n) is 3.94. The quantitative estimate of drug-likeness (QED) is 0.942. The van der Waals surface area contributed by atoms with E-state index in [4.69, 9.17) is 4.74 Å². The maximum atomic E-state index is 13.8. The molecule has 1 N–H and O–H groups in total. The van der Waals surface area contributed by atoms with Gasteiger partial charge in [-0.15, -0.1) is 0 Å². The van der Waals surface area contributed by atoms with Gasteiger partial charge < -0.3 is 14.7 Å². The Balaban J connectivity index is 1.76. The zero-order chi connectivity index (χ0) is 16.2. The molecule has 0 aromatic heterocycles. The van der Waals surface area contributed by atoms with Crippen molar-refractivity contribution in [1.82, 2.24) is 4.90 Å². The second kappa shape index (κ2) is 6.89. The molecular formula is C18H18FNO3. The molecule has 0 bridgehead atoms. The van der Waals surface area contributed by atoms with Gasteiger partial charge in [-0.05, 0) is 11.6 Å². The van der Waals surface area contributed by atoms with Crippen LogP contribution in [0, 0.1) is 5.82 Å². The summed E-state index contributed by atoms with van der Waals surface area (Å²) in [5, 5.41) is 10.4. The van der Waals surface area contributed by atoms with Gasteiger partial charge in [0.1, 0.15) is 11.9 Å². The van der Waals surface area contributed by atoms with Crippen LogP contribution in [0.1, 0.15) is 17.2 Å². The molecule has 4 nitrogen and oxygen atoms in total. The summed E-state index contributed by atoms with van der Waals surface area (Å²) in [4.78, 5) is 14.2. The summed E-state index contributed by atoms with van der Waals surface area (Å²) in [5.74, 6) is -0.868. The summed E-state index contributed by atoms with van der Waals surface area (Å²) in [6.07, 6.45) is -2.40. The number of rotatable bonds is 4. The molecule has 2 aromatic carbocycles. The maximum Gasteiger partial charge on any atom is 0.255 e. The molecule has 0 radical (unpaired) electrons. The van der Waals surface area contributed by atoms with Gasteiger partial charge in [-0.3, -0.25) is 4.79 Å². The number of carbonyl (C=O) groups is 1. The third-order valence-corrected chi connectivity index (χ3v) is 3.94. The highest BCUT2D eigenvalue weighted by molar-refractivity contribution is 5.82. The van der Waals surface area contributed by atoms with Crippen molar-refractivity contribution in [2.24, 2.45) is 0 Å². The van der Waals surface area contributed by atoms with Crippen molar-refractivity contribution in [2.75, 3.05) is 13.2 Å². The molecule has 5 heteroatoms. The largest absolute Gasteiger partial charge is 0.385 e. The summed E-state index contributed by atoms with van der Waals surface area (Å²) in [6.45, 7) is 1.21. The standard InChI is InChI=1S/C18H18FNO3/c19-15-9-5-4-8-14(15)16(21)17-18(22)20(10-11-23-17)12-13-6-2-1-3-7-13/h1-9,16-17,21H,10-12H2. The minimum atomic E-state index is -1.32. The molecular weight excluding hydrogens is 297 g/mol. The molecule has 1 fully saturated rings. The number of carbonyl (C=O) groups excluding carboxylic acids is 1. The molecule has 120 valence electrons. The van der Waals surface area contributed by atoms with Crippen LogP contribution in [0.15, 0.2) is 54.6 Å². The smallest absolute Gasteiger partial charge is 0.255 e. The topological polar surface area (TPSA) is 49.8 Å². The lowest BCUT2D eigenvalue weighted by Gasteiger charge is -2.34. The molecule has 1 saturated heterocycles. The number of aliphatic hydroxyl groups excluding tert-OH is 1. The van der Waals surface area contributed by atoms with Gasteiger partial charge in [0, 0.05) is 18.7 Å². The van der Waals surface area contributed by atoms with Gasteiger partial charge >= 0.3 is 0 Å². The Morgan fingerprint density at radius 1 is 1.17 bits per heavy atom. The van der Waals surface area contributed by atoms with Gasteiger partial charge in [-0.2, -0.15) is 0 Å². The Labute approximate surface area is 134 Å². The second-order valence-electron chi connectivity index (χ2n) is 5.50. The average molecular weight is 315 g/mol. The van der Waals surface area contributed by atoms with Gasteiger partial charge in [0.25, 0.3) is 5.91 Å². The van der Waals surface area contributed by atoms with E-state index >= 15 is 0 Å². The molecule has 23 heavy (non-hydrogen) atoms. The monoisotopic (exact) mass is 315 g/mol. The summed E-state index contributed by atoms with van der Waals surface area (Å²) < 4.78 is 19.2. The van der Waals surface area contributed by atoms with E-state index in [0.29, 0.717) is 19.7 Å².